The van der Waals surface area contributed by atoms with Crippen LogP contribution in [-0.2, 0) is 26.1 Å². The van der Waals surface area contributed by atoms with E-state index in [1.165, 1.54) is 19.2 Å². The van der Waals surface area contributed by atoms with Crippen molar-refractivity contribution >= 4 is 22.7 Å². The average molecular weight is 301 g/mol. The van der Waals surface area contributed by atoms with E-state index in [2.05, 4.69) is 4.74 Å². The fourth-order valence-corrected chi connectivity index (χ4v) is 2.99. The predicted molar refractivity (Wildman–Crippen MR) is 72.8 cm³/mol. The number of amides is 1. The molecule has 110 valence electrons. The van der Waals surface area contributed by atoms with Crippen LogP contribution in [0.2, 0.25) is 0 Å². The van der Waals surface area contributed by atoms with Gasteiger partial charge in [-0.2, -0.15) is 0 Å². The van der Waals surface area contributed by atoms with E-state index in [0.29, 0.717) is 0 Å². The van der Waals surface area contributed by atoms with Gasteiger partial charge < -0.3 is 10.5 Å². The largest absolute Gasteiger partial charge is 0.469 e. The zero-order valence-corrected chi connectivity index (χ0v) is 12.0. The first-order chi connectivity index (χ1) is 9.35. The van der Waals surface area contributed by atoms with Gasteiger partial charge in [0.15, 0.2) is 0 Å². The van der Waals surface area contributed by atoms with Gasteiger partial charge in [0.05, 0.1) is 18.8 Å². The van der Waals surface area contributed by atoms with Crippen LogP contribution in [-0.4, -0.2) is 28.9 Å². The second-order valence-corrected chi connectivity index (χ2v) is 5.85. The van der Waals surface area contributed by atoms with Crippen LogP contribution in [0.25, 0.3) is 0 Å². The number of nitrogens with two attached hydrogens (primary N) is 1. The SMILES string of the molecule is COC(=O)C(C)CS(=O)Cc1ccc(C(N)=O)cc1F. The van der Waals surface area contributed by atoms with Gasteiger partial charge in [0.25, 0.3) is 0 Å². The molecule has 0 aliphatic carbocycles. The van der Waals surface area contributed by atoms with Crippen LogP contribution in [0.4, 0.5) is 4.39 Å². The fraction of sp³-hybridized carbons (Fsp3) is 0.385. The molecule has 0 spiro atoms. The van der Waals surface area contributed by atoms with E-state index in [1.54, 1.807) is 6.92 Å². The fourth-order valence-electron chi connectivity index (χ4n) is 1.60. The van der Waals surface area contributed by atoms with Crippen LogP contribution >= 0.6 is 0 Å². The highest BCUT2D eigenvalue weighted by Gasteiger charge is 2.18. The molecule has 7 heteroatoms. The van der Waals surface area contributed by atoms with Crippen molar-refractivity contribution in [3.63, 3.8) is 0 Å². The van der Waals surface area contributed by atoms with Crippen LogP contribution in [0.3, 0.4) is 0 Å². The van der Waals surface area contributed by atoms with E-state index < -0.39 is 34.4 Å². The molecule has 1 rings (SSSR count). The number of primary amides is 1. The van der Waals surface area contributed by atoms with Gasteiger partial charge in [-0.25, -0.2) is 4.39 Å². The number of hydrogen-bond acceptors (Lipinski definition) is 4. The summed E-state index contributed by atoms with van der Waals surface area (Å²) in [6.07, 6.45) is 0. The van der Waals surface area contributed by atoms with Crippen molar-refractivity contribution in [3.05, 3.63) is 35.1 Å². The first-order valence-electron chi connectivity index (χ1n) is 5.86. The number of hydrogen-bond donors (Lipinski definition) is 1. The van der Waals surface area contributed by atoms with Crippen LogP contribution in [0.5, 0.6) is 0 Å². The highest BCUT2D eigenvalue weighted by atomic mass is 32.2. The van der Waals surface area contributed by atoms with Gasteiger partial charge in [0, 0.05) is 27.7 Å². The molecule has 2 atom stereocenters. The van der Waals surface area contributed by atoms with E-state index in [0.717, 1.165) is 6.07 Å². The average Bonchev–Trinajstić information content (AvgIpc) is 2.39. The summed E-state index contributed by atoms with van der Waals surface area (Å²) < 4.78 is 30.1. The normalized spacial score (nSPS) is 13.6. The van der Waals surface area contributed by atoms with E-state index in [9.17, 15) is 18.2 Å². The molecule has 1 aromatic carbocycles. The van der Waals surface area contributed by atoms with Crippen molar-refractivity contribution in [1.29, 1.82) is 0 Å². The van der Waals surface area contributed by atoms with Gasteiger partial charge in [0.2, 0.25) is 5.91 Å². The van der Waals surface area contributed by atoms with E-state index in [4.69, 9.17) is 5.73 Å². The van der Waals surface area contributed by atoms with Crippen LogP contribution < -0.4 is 5.73 Å². The summed E-state index contributed by atoms with van der Waals surface area (Å²) in [4.78, 5) is 22.1. The Kier molecular flexibility index (Phi) is 5.82. The number of carbonyl (C=O) groups is 2. The lowest BCUT2D eigenvalue weighted by Gasteiger charge is -2.09. The van der Waals surface area contributed by atoms with Gasteiger partial charge in [0.1, 0.15) is 5.82 Å². The lowest BCUT2D eigenvalue weighted by molar-refractivity contribution is -0.144. The Morgan fingerprint density at radius 2 is 2.10 bits per heavy atom. The topological polar surface area (TPSA) is 86.5 Å². The van der Waals surface area contributed by atoms with Gasteiger partial charge in [-0.05, 0) is 12.1 Å². The molecule has 2 N–H and O–H groups in total. The van der Waals surface area contributed by atoms with Gasteiger partial charge in [-0.3, -0.25) is 13.8 Å². The first-order valence-corrected chi connectivity index (χ1v) is 7.35. The van der Waals surface area contributed by atoms with Gasteiger partial charge in [-0.1, -0.05) is 13.0 Å². The Morgan fingerprint density at radius 3 is 2.60 bits per heavy atom. The molecule has 1 aromatic rings. The number of esters is 1. The minimum absolute atomic E-state index is 0.0355. The lowest BCUT2D eigenvalue weighted by atomic mass is 10.1. The van der Waals surface area contributed by atoms with Gasteiger partial charge in [-0.15, -0.1) is 0 Å². The third-order valence-electron chi connectivity index (χ3n) is 2.69. The highest BCUT2D eigenvalue weighted by Crippen LogP contribution is 2.14. The zero-order valence-electron chi connectivity index (χ0n) is 11.2. The quantitative estimate of drug-likeness (QED) is 0.794. The zero-order chi connectivity index (χ0) is 15.3. The molecule has 0 heterocycles. The van der Waals surface area contributed by atoms with E-state index in [1.807, 2.05) is 0 Å². The summed E-state index contributed by atoms with van der Waals surface area (Å²) >= 11 is 0. The molecular formula is C13H16FNO4S. The Labute approximate surface area is 118 Å². The number of methoxy groups -OCH3 is 1. The maximum Gasteiger partial charge on any atom is 0.309 e. The molecular weight excluding hydrogens is 285 g/mol. The maximum atomic E-state index is 13.7. The summed E-state index contributed by atoms with van der Waals surface area (Å²) in [7, 11) is -0.154. The van der Waals surface area contributed by atoms with Crippen LogP contribution in [0.1, 0.15) is 22.8 Å². The summed E-state index contributed by atoms with van der Waals surface area (Å²) in [5.74, 6) is -2.29. The van der Waals surface area contributed by atoms with Crippen LogP contribution in [0.15, 0.2) is 18.2 Å². The van der Waals surface area contributed by atoms with E-state index in [-0.39, 0.29) is 22.6 Å². The third-order valence-corrected chi connectivity index (χ3v) is 4.20. The minimum Gasteiger partial charge on any atom is -0.469 e. The lowest BCUT2D eigenvalue weighted by Crippen LogP contribution is -2.20. The Bertz CT molecular complexity index is 547. The Hall–Kier alpha value is -1.76. The summed E-state index contributed by atoms with van der Waals surface area (Å²) in [6, 6.07) is 3.76. The molecule has 0 fully saturated rings. The minimum atomic E-state index is -1.41. The number of benzene rings is 1. The summed E-state index contributed by atoms with van der Waals surface area (Å²) in [5, 5.41) is 0. The smallest absolute Gasteiger partial charge is 0.309 e. The third kappa shape index (κ3) is 4.41. The van der Waals surface area contributed by atoms with Crippen molar-refractivity contribution in [3.8, 4) is 0 Å². The Morgan fingerprint density at radius 1 is 1.45 bits per heavy atom. The standard InChI is InChI=1S/C13H16FNO4S/c1-8(13(17)19-2)6-20(18)7-10-4-3-9(12(15)16)5-11(10)14/h3-5,8H,6-7H2,1-2H3,(H2,15,16). The van der Waals surface area contributed by atoms with Crippen molar-refractivity contribution in [2.45, 2.75) is 12.7 Å². The summed E-state index contributed by atoms with van der Waals surface area (Å²) in [6.45, 7) is 1.59. The van der Waals surface area contributed by atoms with Crippen molar-refractivity contribution < 1.29 is 22.9 Å². The van der Waals surface area contributed by atoms with Gasteiger partial charge >= 0.3 is 5.97 Å². The molecule has 5 nitrogen and oxygen atoms in total. The predicted octanol–water partition coefficient (Wildman–Crippen LogP) is 0.982. The number of ether oxygens (including phenoxy) is 1. The summed E-state index contributed by atoms with van der Waals surface area (Å²) in [5.41, 5.74) is 5.30. The monoisotopic (exact) mass is 301 g/mol. The molecule has 20 heavy (non-hydrogen) atoms. The molecule has 0 aliphatic heterocycles. The van der Waals surface area contributed by atoms with Crippen molar-refractivity contribution in [2.24, 2.45) is 11.7 Å². The maximum absolute atomic E-state index is 13.7. The number of halogens is 1. The van der Waals surface area contributed by atoms with Crippen molar-refractivity contribution in [1.82, 2.24) is 0 Å². The number of rotatable bonds is 6. The molecule has 1 amide bonds. The molecule has 0 saturated heterocycles. The molecule has 0 radical (unpaired) electrons. The molecule has 0 saturated carbocycles. The van der Waals surface area contributed by atoms with Crippen molar-refractivity contribution in [2.75, 3.05) is 12.9 Å². The second-order valence-electron chi connectivity index (χ2n) is 4.35. The highest BCUT2D eigenvalue weighted by molar-refractivity contribution is 7.84. The molecule has 2 unspecified atom stereocenters. The Balaban J connectivity index is 2.71. The second kappa shape index (κ2) is 7.14. The van der Waals surface area contributed by atoms with Crippen LogP contribution in [0, 0.1) is 11.7 Å². The molecule has 0 bridgehead atoms. The first kappa shape index (κ1) is 16.3. The molecule has 0 aliphatic rings. The molecule has 0 aromatic heterocycles. The van der Waals surface area contributed by atoms with E-state index >= 15 is 0 Å². The number of carbonyl (C=O) groups excluding carboxylic acids is 2.